The standard InChI is InChI=1S/C8H11BrN4O/c1-2-3-4-14-8-6(9)7(13-10)11-5-12-8/h2-3,5H,4,10H2,1H3,(H,11,12,13)/b3-2+. The zero-order valence-corrected chi connectivity index (χ0v) is 9.28. The molecule has 0 aliphatic rings. The number of anilines is 1. The summed E-state index contributed by atoms with van der Waals surface area (Å²) in [7, 11) is 0. The molecule has 1 aromatic heterocycles. The van der Waals surface area contributed by atoms with E-state index in [9.17, 15) is 0 Å². The Bertz CT molecular complexity index is 329. The zero-order valence-electron chi connectivity index (χ0n) is 7.70. The van der Waals surface area contributed by atoms with Gasteiger partial charge in [-0.25, -0.2) is 15.8 Å². The maximum Gasteiger partial charge on any atom is 0.233 e. The number of nitrogens with one attached hydrogen (secondary N) is 1. The fraction of sp³-hybridized carbons (Fsp3) is 0.250. The third kappa shape index (κ3) is 2.68. The van der Waals surface area contributed by atoms with Gasteiger partial charge in [0.05, 0.1) is 0 Å². The van der Waals surface area contributed by atoms with Gasteiger partial charge in [-0.05, 0) is 22.9 Å². The predicted molar refractivity (Wildman–Crippen MR) is 57.9 cm³/mol. The van der Waals surface area contributed by atoms with Crippen LogP contribution in [0.4, 0.5) is 5.82 Å². The van der Waals surface area contributed by atoms with Crippen molar-refractivity contribution in [1.29, 1.82) is 0 Å². The fourth-order valence-electron chi connectivity index (χ4n) is 0.778. The molecule has 0 aliphatic carbocycles. The zero-order chi connectivity index (χ0) is 10.4. The van der Waals surface area contributed by atoms with Crippen molar-refractivity contribution in [3.05, 3.63) is 23.0 Å². The maximum atomic E-state index is 5.34. The number of hydrazine groups is 1. The summed E-state index contributed by atoms with van der Waals surface area (Å²) in [6.07, 6.45) is 5.16. The molecule has 3 N–H and O–H groups in total. The highest BCUT2D eigenvalue weighted by Gasteiger charge is 2.07. The van der Waals surface area contributed by atoms with Crippen LogP contribution in [0.25, 0.3) is 0 Å². The first-order valence-electron chi connectivity index (χ1n) is 4.00. The molecule has 14 heavy (non-hydrogen) atoms. The number of ether oxygens (including phenoxy) is 1. The van der Waals surface area contributed by atoms with Crippen LogP contribution in [0, 0.1) is 0 Å². The van der Waals surface area contributed by atoms with E-state index in [2.05, 4.69) is 31.3 Å². The van der Waals surface area contributed by atoms with E-state index >= 15 is 0 Å². The second kappa shape index (κ2) is 5.56. The van der Waals surface area contributed by atoms with E-state index in [1.54, 1.807) is 0 Å². The Hall–Kier alpha value is -1.14. The number of aromatic nitrogens is 2. The largest absolute Gasteiger partial charge is 0.473 e. The Kier molecular flexibility index (Phi) is 4.34. The van der Waals surface area contributed by atoms with Crippen molar-refractivity contribution in [2.24, 2.45) is 5.84 Å². The summed E-state index contributed by atoms with van der Waals surface area (Å²) in [5.74, 6) is 6.19. The van der Waals surface area contributed by atoms with E-state index in [1.165, 1.54) is 6.33 Å². The van der Waals surface area contributed by atoms with Gasteiger partial charge in [0.25, 0.3) is 0 Å². The lowest BCUT2D eigenvalue weighted by Crippen LogP contribution is -2.10. The van der Waals surface area contributed by atoms with Gasteiger partial charge in [0.1, 0.15) is 17.4 Å². The second-order valence-corrected chi connectivity index (χ2v) is 3.16. The van der Waals surface area contributed by atoms with Crippen LogP contribution in [-0.4, -0.2) is 16.6 Å². The van der Waals surface area contributed by atoms with Crippen molar-refractivity contribution in [3.8, 4) is 5.88 Å². The topological polar surface area (TPSA) is 73.1 Å². The molecular formula is C8H11BrN4O. The Labute approximate surface area is 90.5 Å². The third-order valence-corrected chi connectivity index (χ3v) is 2.16. The molecule has 0 aromatic carbocycles. The van der Waals surface area contributed by atoms with Crippen LogP contribution in [0.2, 0.25) is 0 Å². The highest BCUT2D eigenvalue weighted by molar-refractivity contribution is 9.10. The van der Waals surface area contributed by atoms with Gasteiger partial charge >= 0.3 is 0 Å². The second-order valence-electron chi connectivity index (χ2n) is 2.37. The number of hydrogen-bond acceptors (Lipinski definition) is 5. The molecule has 76 valence electrons. The summed E-state index contributed by atoms with van der Waals surface area (Å²) in [5.41, 5.74) is 2.43. The third-order valence-electron chi connectivity index (χ3n) is 1.45. The Morgan fingerprint density at radius 2 is 2.43 bits per heavy atom. The van der Waals surface area contributed by atoms with Crippen molar-refractivity contribution < 1.29 is 4.74 Å². The van der Waals surface area contributed by atoms with Crippen LogP contribution in [0.3, 0.4) is 0 Å². The van der Waals surface area contributed by atoms with Crippen LogP contribution < -0.4 is 16.0 Å². The lowest BCUT2D eigenvalue weighted by atomic mass is 10.5. The Balaban J connectivity index is 2.76. The smallest absolute Gasteiger partial charge is 0.233 e. The van der Waals surface area contributed by atoms with Gasteiger partial charge in [-0.1, -0.05) is 12.2 Å². The van der Waals surface area contributed by atoms with E-state index < -0.39 is 0 Å². The average molecular weight is 259 g/mol. The summed E-state index contributed by atoms with van der Waals surface area (Å²) in [5, 5.41) is 0. The Morgan fingerprint density at radius 3 is 3.07 bits per heavy atom. The highest BCUT2D eigenvalue weighted by Crippen LogP contribution is 2.27. The molecular weight excluding hydrogens is 248 g/mol. The van der Waals surface area contributed by atoms with Gasteiger partial charge in [0.15, 0.2) is 5.82 Å². The summed E-state index contributed by atoms with van der Waals surface area (Å²) in [6.45, 7) is 2.39. The highest BCUT2D eigenvalue weighted by atomic mass is 79.9. The molecule has 0 spiro atoms. The average Bonchev–Trinajstić information content (AvgIpc) is 2.21. The van der Waals surface area contributed by atoms with E-state index in [0.717, 1.165) is 0 Å². The number of nitrogens with two attached hydrogens (primary N) is 1. The Morgan fingerprint density at radius 1 is 1.64 bits per heavy atom. The lowest BCUT2D eigenvalue weighted by molar-refractivity contribution is 0.345. The van der Waals surface area contributed by atoms with Crippen LogP contribution >= 0.6 is 15.9 Å². The molecule has 0 saturated heterocycles. The van der Waals surface area contributed by atoms with Crippen LogP contribution in [0.15, 0.2) is 23.0 Å². The molecule has 6 heteroatoms. The van der Waals surface area contributed by atoms with Crippen molar-refractivity contribution in [3.63, 3.8) is 0 Å². The monoisotopic (exact) mass is 258 g/mol. The van der Waals surface area contributed by atoms with Crippen molar-refractivity contribution in [2.45, 2.75) is 6.92 Å². The van der Waals surface area contributed by atoms with Crippen LogP contribution in [0.5, 0.6) is 5.88 Å². The van der Waals surface area contributed by atoms with Gasteiger partial charge in [0, 0.05) is 0 Å². The van der Waals surface area contributed by atoms with E-state index in [0.29, 0.717) is 22.8 Å². The summed E-state index contributed by atoms with van der Waals surface area (Å²) in [6, 6.07) is 0. The van der Waals surface area contributed by atoms with E-state index in [4.69, 9.17) is 10.6 Å². The number of hydrogen-bond donors (Lipinski definition) is 2. The van der Waals surface area contributed by atoms with Crippen LogP contribution in [0.1, 0.15) is 6.92 Å². The van der Waals surface area contributed by atoms with Gasteiger partial charge in [-0.3, -0.25) is 0 Å². The minimum absolute atomic E-state index is 0.464. The summed E-state index contributed by atoms with van der Waals surface area (Å²) in [4.78, 5) is 7.84. The molecule has 0 radical (unpaired) electrons. The lowest BCUT2D eigenvalue weighted by Gasteiger charge is -2.06. The minimum Gasteiger partial charge on any atom is -0.473 e. The number of nitrogen functional groups attached to an aromatic ring is 1. The fourth-order valence-corrected chi connectivity index (χ4v) is 1.21. The molecule has 0 aliphatic heterocycles. The number of nitrogens with zero attached hydrogens (tertiary/aromatic N) is 2. The van der Waals surface area contributed by atoms with Crippen LogP contribution in [-0.2, 0) is 0 Å². The number of allylic oxidation sites excluding steroid dienone is 1. The maximum absolute atomic E-state index is 5.34. The molecule has 1 heterocycles. The molecule has 0 fully saturated rings. The molecule has 1 rings (SSSR count). The normalized spacial score (nSPS) is 10.5. The predicted octanol–water partition coefficient (Wildman–Crippen LogP) is 1.48. The first kappa shape index (κ1) is 10.9. The SMILES string of the molecule is C/C=C/COc1ncnc(NN)c1Br. The van der Waals surface area contributed by atoms with E-state index in [-0.39, 0.29) is 0 Å². The first-order valence-corrected chi connectivity index (χ1v) is 4.80. The van der Waals surface area contributed by atoms with Gasteiger partial charge in [0.2, 0.25) is 5.88 Å². The minimum atomic E-state index is 0.464. The molecule has 1 aromatic rings. The van der Waals surface area contributed by atoms with Gasteiger partial charge in [-0.2, -0.15) is 0 Å². The number of rotatable bonds is 4. The van der Waals surface area contributed by atoms with Gasteiger partial charge < -0.3 is 10.2 Å². The van der Waals surface area contributed by atoms with Crippen molar-refractivity contribution >= 4 is 21.7 Å². The van der Waals surface area contributed by atoms with Gasteiger partial charge in [-0.15, -0.1) is 0 Å². The number of halogens is 1. The molecule has 0 amide bonds. The molecule has 0 unspecified atom stereocenters. The molecule has 0 bridgehead atoms. The van der Waals surface area contributed by atoms with Crippen molar-refractivity contribution in [1.82, 2.24) is 9.97 Å². The molecule has 0 saturated carbocycles. The summed E-state index contributed by atoms with van der Waals surface area (Å²) < 4.78 is 5.96. The molecule has 5 nitrogen and oxygen atoms in total. The quantitative estimate of drug-likeness (QED) is 0.486. The van der Waals surface area contributed by atoms with E-state index in [1.807, 2.05) is 19.1 Å². The van der Waals surface area contributed by atoms with Crippen molar-refractivity contribution in [2.75, 3.05) is 12.0 Å². The first-order chi connectivity index (χ1) is 6.79. The molecule has 0 atom stereocenters. The summed E-state index contributed by atoms with van der Waals surface area (Å²) >= 11 is 3.28.